The molecule has 2 aliphatic rings. The van der Waals surface area contributed by atoms with Crippen LogP contribution in [0.15, 0.2) is 12.7 Å². The number of rotatable bonds is 4. The zero-order valence-electron chi connectivity index (χ0n) is 16.0. The molecule has 0 amide bonds. The number of aldehydes is 1. The molecule has 0 saturated heterocycles. The summed E-state index contributed by atoms with van der Waals surface area (Å²) < 4.78 is 3.62. The van der Waals surface area contributed by atoms with Gasteiger partial charge in [0.15, 0.2) is 17.6 Å². The van der Waals surface area contributed by atoms with Crippen molar-refractivity contribution in [3.05, 3.63) is 24.0 Å². The fraction of sp³-hybridized carbons (Fsp3) is 0.389. The number of aliphatic hydroxyl groups excluding tert-OH is 1. The van der Waals surface area contributed by atoms with Crippen LogP contribution in [0.1, 0.15) is 53.9 Å². The number of anilines is 2. The summed E-state index contributed by atoms with van der Waals surface area (Å²) in [5.74, 6) is 0.699. The van der Waals surface area contributed by atoms with Crippen molar-refractivity contribution < 1.29 is 9.90 Å². The number of fused-ring (bicyclic) bond motifs is 2. The first-order valence-electron chi connectivity index (χ1n) is 9.64. The van der Waals surface area contributed by atoms with Crippen LogP contribution in [0.5, 0.6) is 0 Å². The Morgan fingerprint density at radius 1 is 0.900 bits per heavy atom. The minimum Gasteiger partial charge on any atom is -0.390 e. The van der Waals surface area contributed by atoms with Crippen molar-refractivity contribution in [3.63, 3.8) is 0 Å². The van der Waals surface area contributed by atoms with Gasteiger partial charge in [-0.3, -0.25) is 4.79 Å². The monoisotopic (exact) mass is 408 g/mol. The van der Waals surface area contributed by atoms with Crippen molar-refractivity contribution >= 4 is 40.0 Å². The molecule has 0 aliphatic heterocycles. The Bertz CT molecular complexity index is 1260. The predicted octanol–water partition coefficient (Wildman–Crippen LogP) is 0.792. The van der Waals surface area contributed by atoms with Gasteiger partial charge in [0.05, 0.1) is 29.5 Å². The average molecular weight is 408 g/mol. The van der Waals surface area contributed by atoms with E-state index in [0.29, 0.717) is 57.8 Å². The molecule has 2 saturated carbocycles. The normalized spacial score (nSPS) is 15.9. The Morgan fingerprint density at radius 3 is 1.97 bits per heavy atom. The molecule has 0 radical (unpaired) electrons. The van der Waals surface area contributed by atoms with Gasteiger partial charge in [0.2, 0.25) is 0 Å². The average Bonchev–Trinajstić information content (AvgIpc) is 3.69. The second kappa shape index (κ2) is 6.99. The van der Waals surface area contributed by atoms with E-state index < -0.39 is 0 Å². The highest BCUT2D eigenvalue weighted by Gasteiger charge is 2.29. The van der Waals surface area contributed by atoms with Crippen LogP contribution in [-0.4, -0.2) is 50.9 Å². The van der Waals surface area contributed by atoms with Crippen LogP contribution in [0.2, 0.25) is 0 Å². The number of aromatic nitrogens is 8. The Balaban J connectivity index is 0.000000128. The molecule has 5 N–H and O–H groups in total. The van der Waals surface area contributed by atoms with Crippen molar-refractivity contribution in [3.8, 4) is 0 Å². The third-order valence-electron chi connectivity index (χ3n) is 5.18. The van der Waals surface area contributed by atoms with E-state index in [1.807, 2.05) is 4.68 Å². The Hall–Kier alpha value is -3.67. The summed E-state index contributed by atoms with van der Waals surface area (Å²) in [6.45, 7) is -0.131. The Morgan fingerprint density at radius 2 is 1.43 bits per heavy atom. The zero-order chi connectivity index (χ0) is 20.8. The van der Waals surface area contributed by atoms with E-state index in [1.54, 1.807) is 4.68 Å². The summed E-state index contributed by atoms with van der Waals surface area (Å²) in [6.07, 6.45) is 7.92. The minimum absolute atomic E-state index is 0.131. The summed E-state index contributed by atoms with van der Waals surface area (Å²) >= 11 is 0. The first kappa shape index (κ1) is 18.4. The number of nitrogens with two attached hydrogens (primary N) is 2. The van der Waals surface area contributed by atoms with Crippen LogP contribution >= 0.6 is 0 Å². The Kier molecular flexibility index (Phi) is 4.28. The molecular weight excluding hydrogens is 388 g/mol. The number of carbonyl (C=O) groups excluding carboxylic acids is 1. The summed E-state index contributed by atoms with van der Waals surface area (Å²) in [5, 5.41) is 19.0. The third-order valence-corrected chi connectivity index (χ3v) is 5.18. The van der Waals surface area contributed by atoms with Gasteiger partial charge in [-0.2, -0.15) is 10.2 Å². The van der Waals surface area contributed by atoms with E-state index in [0.717, 1.165) is 31.3 Å². The molecule has 6 rings (SSSR count). The van der Waals surface area contributed by atoms with Gasteiger partial charge >= 0.3 is 0 Å². The van der Waals surface area contributed by atoms with Gasteiger partial charge in [0.25, 0.3) is 0 Å². The van der Waals surface area contributed by atoms with Crippen LogP contribution in [0, 0.1) is 0 Å². The molecule has 2 fully saturated rings. The largest absolute Gasteiger partial charge is 0.390 e. The molecular formula is C18H20N10O2. The lowest BCUT2D eigenvalue weighted by atomic mass is 10.3. The molecule has 12 heteroatoms. The first-order chi connectivity index (χ1) is 14.6. The summed E-state index contributed by atoms with van der Waals surface area (Å²) in [7, 11) is 0. The second-order valence-electron chi connectivity index (χ2n) is 7.37. The highest BCUT2D eigenvalue weighted by molar-refractivity contribution is 5.99. The van der Waals surface area contributed by atoms with Crippen LogP contribution in [0.3, 0.4) is 0 Å². The van der Waals surface area contributed by atoms with Crippen LogP contribution in [-0.2, 0) is 6.61 Å². The number of hydrogen-bond acceptors (Lipinski definition) is 10. The fourth-order valence-corrected chi connectivity index (χ4v) is 3.43. The van der Waals surface area contributed by atoms with Gasteiger partial charge in [-0.25, -0.2) is 29.3 Å². The quantitative estimate of drug-likeness (QED) is 0.409. The molecule has 30 heavy (non-hydrogen) atoms. The van der Waals surface area contributed by atoms with E-state index >= 15 is 0 Å². The van der Waals surface area contributed by atoms with E-state index in [4.69, 9.17) is 11.5 Å². The summed E-state index contributed by atoms with van der Waals surface area (Å²) in [5.41, 5.74) is 13.7. The van der Waals surface area contributed by atoms with Gasteiger partial charge < -0.3 is 16.6 Å². The molecule has 0 unspecified atom stereocenters. The predicted molar refractivity (Wildman–Crippen MR) is 107 cm³/mol. The van der Waals surface area contributed by atoms with Crippen molar-refractivity contribution in [1.29, 1.82) is 0 Å². The van der Waals surface area contributed by atoms with E-state index in [9.17, 15) is 9.90 Å². The van der Waals surface area contributed by atoms with Gasteiger partial charge in [-0.15, -0.1) is 0 Å². The standard InChI is InChI=1S/C9H11N5O.C9H9N5O/c2*10-8-7-6(3-15)13-14(5-1-2-5)9(7)12-4-11-8/h4-5,15H,1-3H2,(H2,10,11,12);3-5H,1-2H2,(H2,10,11,12). The second-order valence-corrected chi connectivity index (χ2v) is 7.37. The maximum absolute atomic E-state index is 10.8. The minimum atomic E-state index is -0.131. The topological polar surface area (TPSA) is 177 Å². The van der Waals surface area contributed by atoms with Crippen LogP contribution in [0.4, 0.5) is 11.6 Å². The van der Waals surface area contributed by atoms with Crippen LogP contribution < -0.4 is 11.5 Å². The number of aliphatic hydroxyl groups is 1. The molecule has 0 bridgehead atoms. The van der Waals surface area contributed by atoms with Gasteiger partial charge in [0, 0.05) is 0 Å². The SMILES string of the molecule is Nc1ncnc2c1c(C=O)nn2C1CC1.Nc1ncnc2c1c(CO)nn2C1CC1. The van der Waals surface area contributed by atoms with Crippen molar-refractivity contribution in [2.75, 3.05) is 11.5 Å². The molecule has 12 nitrogen and oxygen atoms in total. The first-order valence-corrected chi connectivity index (χ1v) is 9.64. The van der Waals surface area contributed by atoms with Crippen molar-refractivity contribution in [2.24, 2.45) is 0 Å². The number of nitrogen functional groups attached to an aromatic ring is 2. The van der Waals surface area contributed by atoms with Gasteiger partial charge in [0.1, 0.15) is 35.7 Å². The van der Waals surface area contributed by atoms with Crippen molar-refractivity contribution in [2.45, 2.75) is 44.4 Å². The maximum Gasteiger partial charge on any atom is 0.171 e. The molecule has 4 aromatic heterocycles. The molecule has 0 atom stereocenters. The van der Waals surface area contributed by atoms with E-state index in [2.05, 4.69) is 30.1 Å². The molecule has 2 aliphatic carbocycles. The molecule has 4 aromatic rings. The lowest BCUT2D eigenvalue weighted by molar-refractivity contribution is 0.111. The smallest absolute Gasteiger partial charge is 0.171 e. The Labute approximate surface area is 169 Å². The lowest BCUT2D eigenvalue weighted by Gasteiger charge is -1.98. The summed E-state index contributed by atoms with van der Waals surface area (Å²) in [6, 6.07) is 0.789. The van der Waals surface area contributed by atoms with E-state index in [1.165, 1.54) is 12.7 Å². The zero-order valence-corrected chi connectivity index (χ0v) is 16.0. The highest BCUT2D eigenvalue weighted by Crippen LogP contribution is 2.38. The number of carbonyl (C=O) groups is 1. The number of nitrogens with zero attached hydrogens (tertiary/aromatic N) is 8. The highest BCUT2D eigenvalue weighted by atomic mass is 16.3. The molecule has 0 spiro atoms. The number of hydrogen-bond donors (Lipinski definition) is 3. The fourth-order valence-electron chi connectivity index (χ4n) is 3.43. The summed E-state index contributed by atoms with van der Waals surface area (Å²) in [4.78, 5) is 26.9. The van der Waals surface area contributed by atoms with Crippen molar-refractivity contribution in [1.82, 2.24) is 39.5 Å². The lowest BCUT2D eigenvalue weighted by Crippen LogP contribution is -1.98. The third kappa shape index (κ3) is 3.01. The molecule has 0 aromatic carbocycles. The van der Waals surface area contributed by atoms with Gasteiger partial charge in [-0.1, -0.05) is 0 Å². The molecule has 154 valence electrons. The van der Waals surface area contributed by atoms with E-state index in [-0.39, 0.29) is 6.61 Å². The van der Waals surface area contributed by atoms with Crippen LogP contribution in [0.25, 0.3) is 22.1 Å². The maximum atomic E-state index is 10.8. The molecule has 4 heterocycles. The van der Waals surface area contributed by atoms with Gasteiger partial charge in [-0.05, 0) is 25.7 Å².